The monoisotopic (exact) mass is 293 g/mol. The lowest BCUT2D eigenvalue weighted by Crippen LogP contribution is -2.09. The van der Waals surface area contributed by atoms with Gasteiger partial charge in [0.1, 0.15) is 5.69 Å². The second-order valence-electron chi connectivity index (χ2n) is 4.58. The number of nitro groups is 2. The molecule has 1 aliphatic heterocycles. The molecule has 1 aromatic carbocycles. The first-order valence-electron chi connectivity index (χ1n) is 6.50. The summed E-state index contributed by atoms with van der Waals surface area (Å²) >= 11 is 0. The molecule has 21 heavy (non-hydrogen) atoms. The van der Waals surface area contributed by atoms with Gasteiger partial charge >= 0.3 is 0 Å². The van der Waals surface area contributed by atoms with E-state index in [1.807, 2.05) is 6.08 Å². The number of hydrogen-bond donors (Lipinski definition) is 1. The summed E-state index contributed by atoms with van der Waals surface area (Å²) in [6.45, 7) is 1.83. The van der Waals surface area contributed by atoms with Crippen LogP contribution in [-0.4, -0.2) is 29.6 Å². The largest absolute Gasteiger partial charge is 0.379 e. The molecular weight excluding hydrogens is 278 g/mol. The second-order valence-corrected chi connectivity index (χ2v) is 4.58. The van der Waals surface area contributed by atoms with Crippen molar-refractivity contribution < 1.29 is 14.6 Å². The van der Waals surface area contributed by atoms with E-state index in [0.717, 1.165) is 18.9 Å². The fourth-order valence-corrected chi connectivity index (χ4v) is 2.08. The molecule has 0 bridgehead atoms. The van der Waals surface area contributed by atoms with E-state index in [2.05, 4.69) is 5.32 Å². The van der Waals surface area contributed by atoms with E-state index in [0.29, 0.717) is 25.4 Å². The van der Waals surface area contributed by atoms with Crippen molar-refractivity contribution in [1.29, 1.82) is 0 Å². The van der Waals surface area contributed by atoms with Gasteiger partial charge in [-0.25, -0.2) is 0 Å². The first kappa shape index (κ1) is 14.9. The minimum absolute atomic E-state index is 0.287. The normalized spacial score (nSPS) is 14.4. The van der Waals surface area contributed by atoms with Crippen LogP contribution in [0.25, 0.3) is 0 Å². The molecule has 0 aliphatic carbocycles. The van der Waals surface area contributed by atoms with Crippen molar-refractivity contribution in [2.75, 3.05) is 25.1 Å². The average Bonchev–Trinajstić information content (AvgIpc) is 2.48. The van der Waals surface area contributed by atoms with Gasteiger partial charge in [0.05, 0.1) is 29.1 Å². The minimum Gasteiger partial charge on any atom is -0.379 e. The molecule has 0 radical (unpaired) electrons. The number of non-ortho nitro benzene ring substituents is 1. The van der Waals surface area contributed by atoms with E-state index >= 15 is 0 Å². The molecule has 8 nitrogen and oxygen atoms in total. The van der Waals surface area contributed by atoms with Crippen molar-refractivity contribution in [3.05, 3.63) is 50.1 Å². The van der Waals surface area contributed by atoms with Crippen LogP contribution in [0.5, 0.6) is 0 Å². The maximum Gasteiger partial charge on any atom is 0.299 e. The Morgan fingerprint density at radius 3 is 2.67 bits per heavy atom. The number of ether oxygens (including phenoxy) is 1. The van der Waals surface area contributed by atoms with Crippen LogP contribution < -0.4 is 5.32 Å². The number of benzene rings is 1. The van der Waals surface area contributed by atoms with Crippen molar-refractivity contribution in [2.24, 2.45) is 0 Å². The Morgan fingerprint density at radius 1 is 1.24 bits per heavy atom. The zero-order valence-corrected chi connectivity index (χ0v) is 11.3. The van der Waals surface area contributed by atoms with Gasteiger partial charge < -0.3 is 10.1 Å². The summed E-state index contributed by atoms with van der Waals surface area (Å²) in [5.74, 6) is 0. The van der Waals surface area contributed by atoms with Crippen LogP contribution in [0.15, 0.2) is 29.8 Å². The van der Waals surface area contributed by atoms with E-state index in [-0.39, 0.29) is 11.4 Å². The first-order valence-corrected chi connectivity index (χ1v) is 6.50. The van der Waals surface area contributed by atoms with Crippen molar-refractivity contribution in [1.82, 2.24) is 0 Å². The Labute approximate surface area is 120 Å². The summed E-state index contributed by atoms with van der Waals surface area (Å²) in [6.07, 6.45) is 3.64. The second kappa shape index (κ2) is 6.80. The molecule has 0 saturated heterocycles. The number of nitro benzene ring substituents is 2. The molecule has 0 saturated carbocycles. The van der Waals surface area contributed by atoms with Gasteiger partial charge in [-0.05, 0) is 18.9 Å². The van der Waals surface area contributed by atoms with Crippen LogP contribution in [0.2, 0.25) is 0 Å². The summed E-state index contributed by atoms with van der Waals surface area (Å²) in [4.78, 5) is 20.4. The van der Waals surface area contributed by atoms with Crippen LogP contribution >= 0.6 is 0 Å². The van der Waals surface area contributed by atoms with Crippen LogP contribution in [0, 0.1) is 20.2 Å². The fraction of sp³-hybridized carbons (Fsp3) is 0.385. The third kappa shape index (κ3) is 3.99. The molecule has 8 heteroatoms. The van der Waals surface area contributed by atoms with Gasteiger partial charge in [-0.3, -0.25) is 20.2 Å². The van der Waals surface area contributed by atoms with Gasteiger partial charge in [-0.15, -0.1) is 0 Å². The van der Waals surface area contributed by atoms with Gasteiger partial charge in [0.25, 0.3) is 11.4 Å². The molecule has 1 aliphatic rings. The molecular formula is C13H15N3O5. The predicted molar refractivity (Wildman–Crippen MR) is 76.4 cm³/mol. The van der Waals surface area contributed by atoms with Crippen LogP contribution in [0.3, 0.4) is 0 Å². The van der Waals surface area contributed by atoms with E-state index < -0.39 is 9.85 Å². The molecule has 112 valence electrons. The molecule has 0 fully saturated rings. The molecule has 1 N–H and O–H groups in total. The minimum atomic E-state index is -0.649. The third-order valence-corrected chi connectivity index (χ3v) is 3.21. The summed E-state index contributed by atoms with van der Waals surface area (Å²) in [5.41, 5.74) is 0.959. The summed E-state index contributed by atoms with van der Waals surface area (Å²) in [7, 11) is 0. The number of anilines is 1. The van der Waals surface area contributed by atoms with Crippen LogP contribution in [-0.2, 0) is 4.74 Å². The fourth-order valence-electron chi connectivity index (χ4n) is 2.08. The molecule has 0 unspecified atom stereocenters. The number of nitrogens with zero attached hydrogens (tertiary/aromatic N) is 2. The lowest BCUT2D eigenvalue weighted by Gasteiger charge is -2.14. The van der Waals surface area contributed by atoms with Crippen molar-refractivity contribution in [3.63, 3.8) is 0 Å². The Bertz CT molecular complexity index is 585. The maximum absolute atomic E-state index is 11.0. The van der Waals surface area contributed by atoms with Crippen LogP contribution in [0.4, 0.5) is 17.1 Å². The lowest BCUT2D eigenvalue weighted by molar-refractivity contribution is -0.393. The summed E-state index contributed by atoms with van der Waals surface area (Å²) in [5, 5.41) is 24.6. The predicted octanol–water partition coefficient (Wildman–Crippen LogP) is 2.65. The Kier molecular flexibility index (Phi) is 4.83. The quantitative estimate of drug-likeness (QED) is 0.490. The first-order chi connectivity index (χ1) is 10.1. The summed E-state index contributed by atoms with van der Waals surface area (Å²) < 4.78 is 5.20. The topological polar surface area (TPSA) is 108 Å². The molecule has 2 rings (SSSR count). The van der Waals surface area contributed by atoms with Gasteiger partial charge in [-0.1, -0.05) is 11.6 Å². The molecule has 0 spiro atoms. The standard InChI is InChI=1S/C13H15N3O5/c17-15(18)11-1-2-12(13(9-11)16(19)20)14-6-3-10-4-7-21-8-5-10/h1-2,4,9,14H,3,5-8H2. The Balaban J connectivity index is 2.03. The highest BCUT2D eigenvalue weighted by Gasteiger charge is 2.19. The number of hydrogen-bond acceptors (Lipinski definition) is 6. The average molecular weight is 293 g/mol. The molecule has 0 atom stereocenters. The highest BCUT2D eigenvalue weighted by molar-refractivity contribution is 5.65. The van der Waals surface area contributed by atoms with E-state index in [1.54, 1.807) is 0 Å². The zero-order chi connectivity index (χ0) is 15.2. The molecule has 0 aromatic heterocycles. The molecule has 0 amide bonds. The molecule has 1 heterocycles. The van der Waals surface area contributed by atoms with E-state index in [9.17, 15) is 20.2 Å². The Hall–Kier alpha value is -2.48. The van der Waals surface area contributed by atoms with Crippen molar-refractivity contribution >= 4 is 17.1 Å². The maximum atomic E-state index is 11.0. The highest BCUT2D eigenvalue weighted by atomic mass is 16.6. The van der Waals surface area contributed by atoms with Gasteiger partial charge in [-0.2, -0.15) is 0 Å². The smallest absolute Gasteiger partial charge is 0.299 e. The molecule has 1 aromatic rings. The van der Waals surface area contributed by atoms with Gasteiger partial charge in [0.2, 0.25) is 0 Å². The zero-order valence-electron chi connectivity index (χ0n) is 11.3. The van der Waals surface area contributed by atoms with E-state index in [4.69, 9.17) is 4.74 Å². The highest BCUT2D eigenvalue weighted by Crippen LogP contribution is 2.29. The third-order valence-electron chi connectivity index (χ3n) is 3.21. The van der Waals surface area contributed by atoms with Crippen LogP contribution in [0.1, 0.15) is 12.8 Å². The number of rotatable bonds is 6. The van der Waals surface area contributed by atoms with E-state index in [1.165, 1.54) is 17.7 Å². The SMILES string of the molecule is O=[N+]([O-])c1ccc(NCCC2=CCOCC2)c([N+](=O)[O-])c1. The van der Waals surface area contributed by atoms with Gasteiger partial charge in [0.15, 0.2) is 0 Å². The number of nitrogens with one attached hydrogen (secondary N) is 1. The summed E-state index contributed by atoms with van der Waals surface area (Å²) in [6, 6.07) is 3.59. The van der Waals surface area contributed by atoms with Crippen molar-refractivity contribution in [2.45, 2.75) is 12.8 Å². The van der Waals surface area contributed by atoms with Gasteiger partial charge in [0, 0.05) is 12.6 Å². The lowest BCUT2D eigenvalue weighted by atomic mass is 10.1. The van der Waals surface area contributed by atoms with Crippen molar-refractivity contribution in [3.8, 4) is 0 Å². The Morgan fingerprint density at radius 2 is 2.05 bits per heavy atom.